The van der Waals surface area contributed by atoms with Crippen LogP contribution in [0.25, 0.3) is 0 Å². The van der Waals surface area contributed by atoms with Crippen molar-refractivity contribution in [3.63, 3.8) is 0 Å². The SMILES string of the molecule is C1C[C@@H](C2CC2)CO1. The van der Waals surface area contributed by atoms with Crippen LogP contribution in [0, 0.1) is 11.8 Å². The maximum Gasteiger partial charge on any atom is 0.0497 e. The molecule has 2 rings (SSSR count). The Morgan fingerprint density at radius 2 is 1.88 bits per heavy atom. The van der Waals surface area contributed by atoms with Crippen LogP contribution in [0.3, 0.4) is 0 Å². The maximum absolute atomic E-state index is 5.26. The molecule has 1 atom stereocenters. The van der Waals surface area contributed by atoms with E-state index in [-0.39, 0.29) is 0 Å². The van der Waals surface area contributed by atoms with Crippen molar-refractivity contribution >= 4 is 0 Å². The molecule has 8 heavy (non-hydrogen) atoms. The lowest BCUT2D eigenvalue weighted by molar-refractivity contribution is 0.182. The summed E-state index contributed by atoms with van der Waals surface area (Å²) in [6, 6.07) is 0. The van der Waals surface area contributed by atoms with E-state index in [1.54, 1.807) is 0 Å². The fraction of sp³-hybridized carbons (Fsp3) is 1.00. The highest BCUT2D eigenvalue weighted by molar-refractivity contribution is 4.82. The number of ether oxygens (including phenoxy) is 1. The van der Waals surface area contributed by atoms with Crippen molar-refractivity contribution < 1.29 is 4.74 Å². The van der Waals surface area contributed by atoms with E-state index in [2.05, 4.69) is 0 Å². The summed E-state index contributed by atoms with van der Waals surface area (Å²) in [5.74, 6) is 2.02. The lowest BCUT2D eigenvalue weighted by atomic mass is 10.0. The molecule has 0 aromatic carbocycles. The van der Waals surface area contributed by atoms with Crippen LogP contribution in [0.4, 0.5) is 0 Å². The Morgan fingerprint density at radius 1 is 1.00 bits per heavy atom. The van der Waals surface area contributed by atoms with Gasteiger partial charge >= 0.3 is 0 Å². The molecule has 0 radical (unpaired) electrons. The molecule has 1 aliphatic heterocycles. The van der Waals surface area contributed by atoms with Gasteiger partial charge in [-0.2, -0.15) is 0 Å². The average molecular weight is 112 g/mol. The molecule has 1 saturated carbocycles. The molecule has 0 spiro atoms. The van der Waals surface area contributed by atoms with Gasteiger partial charge in [-0.3, -0.25) is 0 Å². The van der Waals surface area contributed by atoms with E-state index in [0.717, 1.165) is 25.0 Å². The Kier molecular flexibility index (Phi) is 1.04. The summed E-state index contributed by atoms with van der Waals surface area (Å²) in [6.45, 7) is 2.09. The van der Waals surface area contributed by atoms with Crippen molar-refractivity contribution in [2.45, 2.75) is 19.3 Å². The van der Waals surface area contributed by atoms with Gasteiger partial charge in [0, 0.05) is 13.2 Å². The summed E-state index contributed by atoms with van der Waals surface area (Å²) in [5, 5.41) is 0. The molecule has 1 heterocycles. The Labute approximate surface area is 50.0 Å². The second-order valence-electron chi connectivity index (χ2n) is 2.96. The molecule has 2 aliphatic rings. The summed E-state index contributed by atoms with van der Waals surface area (Å²) >= 11 is 0. The van der Waals surface area contributed by atoms with E-state index in [1.165, 1.54) is 19.3 Å². The van der Waals surface area contributed by atoms with E-state index in [9.17, 15) is 0 Å². The van der Waals surface area contributed by atoms with Gasteiger partial charge in [-0.05, 0) is 31.1 Å². The third kappa shape index (κ3) is 0.752. The Hall–Kier alpha value is -0.0400. The van der Waals surface area contributed by atoms with Crippen LogP contribution in [-0.2, 0) is 4.74 Å². The van der Waals surface area contributed by atoms with Gasteiger partial charge in [0.1, 0.15) is 0 Å². The van der Waals surface area contributed by atoms with Gasteiger partial charge in [-0.15, -0.1) is 0 Å². The van der Waals surface area contributed by atoms with E-state index in [4.69, 9.17) is 4.74 Å². The van der Waals surface area contributed by atoms with Crippen molar-refractivity contribution in [3.05, 3.63) is 0 Å². The van der Waals surface area contributed by atoms with Crippen LogP contribution < -0.4 is 0 Å². The molecule has 2 fully saturated rings. The molecular weight excluding hydrogens is 100 g/mol. The van der Waals surface area contributed by atoms with Gasteiger partial charge in [-0.1, -0.05) is 0 Å². The van der Waals surface area contributed by atoms with Crippen molar-refractivity contribution in [3.8, 4) is 0 Å². The molecule has 0 aromatic rings. The minimum Gasteiger partial charge on any atom is -0.381 e. The summed E-state index contributed by atoms with van der Waals surface area (Å²) in [5.41, 5.74) is 0. The molecule has 0 aromatic heterocycles. The van der Waals surface area contributed by atoms with Crippen molar-refractivity contribution in [1.82, 2.24) is 0 Å². The maximum atomic E-state index is 5.26. The number of hydrogen-bond acceptors (Lipinski definition) is 1. The lowest BCUT2D eigenvalue weighted by Crippen LogP contribution is -1.99. The summed E-state index contributed by atoms with van der Waals surface area (Å²) in [6.07, 6.45) is 4.30. The van der Waals surface area contributed by atoms with Gasteiger partial charge in [0.05, 0.1) is 0 Å². The van der Waals surface area contributed by atoms with E-state index in [0.29, 0.717) is 0 Å². The van der Waals surface area contributed by atoms with Crippen molar-refractivity contribution in [2.24, 2.45) is 11.8 Å². The molecule has 0 amide bonds. The Morgan fingerprint density at radius 3 is 2.38 bits per heavy atom. The van der Waals surface area contributed by atoms with E-state index in [1.807, 2.05) is 0 Å². The topological polar surface area (TPSA) is 9.23 Å². The zero-order valence-corrected chi connectivity index (χ0v) is 5.10. The molecule has 1 saturated heterocycles. The molecule has 1 heteroatoms. The number of hydrogen-bond donors (Lipinski definition) is 0. The molecule has 0 N–H and O–H groups in total. The lowest BCUT2D eigenvalue weighted by Gasteiger charge is -2.00. The van der Waals surface area contributed by atoms with Crippen LogP contribution in [0.15, 0.2) is 0 Å². The largest absolute Gasteiger partial charge is 0.381 e. The van der Waals surface area contributed by atoms with Gasteiger partial charge in [0.2, 0.25) is 0 Å². The fourth-order valence-electron chi connectivity index (χ4n) is 1.49. The predicted octanol–water partition coefficient (Wildman–Crippen LogP) is 1.43. The molecular formula is C7H12O. The second-order valence-corrected chi connectivity index (χ2v) is 2.96. The molecule has 0 unspecified atom stereocenters. The molecule has 1 aliphatic carbocycles. The first kappa shape index (κ1) is 4.80. The highest BCUT2D eigenvalue weighted by Gasteiger charge is 2.33. The van der Waals surface area contributed by atoms with E-state index >= 15 is 0 Å². The molecule has 1 nitrogen and oxygen atoms in total. The summed E-state index contributed by atoms with van der Waals surface area (Å²) < 4.78 is 5.26. The molecule has 0 bridgehead atoms. The molecule has 46 valence electrons. The van der Waals surface area contributed by atoms with Crippen LogP contribution in [-0.4, -0.2) is 13.2 Å². The number of rotatable bonds is 1. The normalized spacial score (nSPS) is 38.2. The standard InChI is InChI=1S/C7H12O/c1-2-6(1)7-3-4-8-5-7/h6-7H,1-5H2/t7-/m1/s1. The summed E-state index contributed by atoms with van der Waals surface area (Å²) in [4.78, 5) is 0. The van der Waals surface area contributed by atoms with Gasteiger partial charge in [-0.25, -0.2) is 0 Å². The fourth-order valence-corrected chi connectivity index (χ4v) is 1.49. The zero-order valence-electron chi connectivity index (χ0n) is 5.10. The smallest absolute Gasteiger partial charge is 0.0497 e. The third-order valence-electron chi connectivity index (χ3n) is 2.25. The van der Waals surface area contributed by atoms with Crippen molar-refractivity contribution in [2.75, 3.05) is 13.2 Å². The van der Waals surface area contributed by atoms with Gasteiger partial charge < -0.3 is 4.74 Å². The van der Waals surface area contributed by atoms with Crippen LogP contribution in [0.5, 0.6) is 0 Å². The van der Waals surface area contributed by atoms with E-state index < -0.39 is 0 Å². The first-order valence-electron chi connectivity index (χ1n) is 3.54. The highest BCUT2D eigenvalue weighted by Crippen LogP contribution is 2.40. The second kappa shape index (κ2) is 1.73. The van der Waals surface area contributed by atoms with Crippen LogP contribution in [0.2, 0.25) is 0 Å². The third-order valence-corrected chi connectivity index (χ3v) is 2.25. The van der Waals surface area contributed by atoms with Gasteiger partial charge in [0.15, 0.2) is 0 Å². The quantitative estimate of drug-likeness (QED) is 0.498. The Bertz CT molecular complexity index is 80.4. The zero-order chi connectivity index (χ0) is 5.40. The highest BCUT2D eigenvalue weighted by atomic mass is 16.5. The first-order valence-corrected chi connectivity index (χ1v) is 3.54. The van der Waals surface area contributed by atoms with Crippen LogP contribution >= 0.6 is 0 Å². The average Bonchev–Trinajstić information content (AvgIpc) is 2.49. The monoisotopic (exact) mass is 112 g/mol. The first-order chi connectivity index (χ1) is 3.97. The minimum atomic E-state index is 0.954. The predicted molar refractivity (Wildman–Crippen MR) is 31.6 cm³/mol. The van der Waals surface area contributed by atoms with Gasteiger partial charge in [0.25, 0.3) is 0 Å². The summed E-state index contributed by atoms with van der Waals surface area (Å²) in [7, 11) is 0. The minimum absolute atomic E-state index is 0.954. The Balaban J connectivity index is 1.86. The van der Waals surface area contributed by atoms with Crippen molar-refractivity contribution in [1.29, 1.82) is 0 Å². The van der Waals surface area contributed by atoms with Crippen LogP contribution in [0.1, 0.15) is 19.3 Å².